The lowest BCUT2D eigenvalue weighted by Crippen LogP contribution is -2.37. The fraction of sp³-hybridized carbons (Fsp3) is 0.500. The van der Waals surface area contributed by atoms with Gasteiger partial charge in [-0.15, -0.1) is 0 Å². The monoisotopic (exact) mass is 336 g/mol. The van der Waals surface area contributed by atoms with Crippen LogP contribution in [0.1, 0.15) is 12.8 Å². The van der Waals surface area contributed by atoms with E-state index >= 15 is 0 Å². The van der Waals surface area contributed by atoms with E-state index in [4.69, 9.17) is 16.3 Å². The number of hydrogen-bond acceptors (Lipinski definition) is 3. The van der Waals surface area contributed by atoms with E-state index in [1.807, 2.05) is 0 Å². The Morgan fingerprint density at radius 1 is 1.45 bits per heavy atom. The Hall–Kier alpha value is -1.47. The van der Waals surface area contributed by atoms with Crippen molar-refractivity contribution < 1.29 is 22.7 Å². The van der Waals surface area contributed by atoms with Gasteiger partial charge in [-0.1, -0.05) is 11.6 Å². The molecule has 1 heterocycles. The van der Waals surface area contributed by atoms with Crippen LogP contribution in [-0.2, 0) is 4.79 Å². The van der Waals surface area contributed by atoms with Gasteiger partial charge in [-0.05, 0) is 31.5 Å². The summed E-state index contributed by atoms with van der Waals surface area (Å²) in [5.41, 5.74) is 0.184. The van der Waals surface area contributed by atoms with E-state index in [1.165, 1.54) is 18.2 Å². The van der Waals surface area contributed by atoms with Crippen LogP contribution in [0.4, 0.5) is 18.9 Å². The van der Waals surface area contributed by atoms with E-state index in [1.54, 1.807) is 0 Å². The molecule has 4 nitrogen and oxygen atoms in total. The van der Waals surface area contributed by atoms with Crippen LogP contribution in [0.15, 0.2) is 18.2 Å². The molecule has 0 spiro atoms. The number of anilines is 1. The first kappa shape index (κ1) is 16.9. The van der Waals surface area contributed by atoms with Gasteiger partial charge in [0.15, 0.2) is 6.61 Å². The van der Waals surface area contributed by atoms with Crippen LogP contribution in [0, 0.1) is 5.92 Å². The van der Waals surface area contributed by atoms with Gasteiger partial charge in [-0.25, -0.2) is 0 Å². The highest BCUT2D eigenvalue weighted by Crippen LogP contribution is 2.30. The van der Waals surface area contributed by atoms with Crippen LogP contribution in [0.2, 0.25) is 5.02 Å². The zero-order valence-electron chi connectivity index (χ0n) is 11.7. The molecule has 122 valence electrons. The van der Waals surface area contributed by atoms with Gasteiger partial charge in [0.25, 0.3) is 0 Å². The van der Waals surface area contributed by atoms with E-state index < -0.39 is 12.8 Å². The zero-order valence-corrected chi connectivity index (χ0v) is 12.4. The molecule has 1 aromatic carbocycles. The van der Waals surface area contributed by atoms with Crippen molar-refractivity contribution in [2.75, 3.05) is 25.0 Å². The number of carbonyl (C=O) groups is 1. The van der Waals surface area contributed by atoms with Crippen LogP contribution >= 0.6 is 11.6 Å². The summed E-state index contributed by atoms with van der Waals surface area (Å²) in [4.78, 5) is 12.1. The molecule has 1 aliphatic rings. The maximum Gasteiger partial charge on any atom is 0.422 e. The summed E-state index contributed by atoms with van der Waals surface area (Å²) in [5.74, 6) is -0.548. The Balaban J connectivity index is 2.07. The SMILES string of the molecule is O=C(Nc1ccc(Cl)cc1OCC(F)(F)F)[C@@H]1CCCNC1. The second-order valence-corrected chi connectivity index (χ2v) is 5.51. The second-order valence-electron chi connectivity index (χ2n) is 5.08. The van der Waals surface area contributed by atoms with Crippen molar-refractivity contribution in [1.82, 2.24) is 5.32 Å². The van der Waals surface area contributed by atoms with Crippen molar-refractivity contribution in [3.8, 4) is 5.75 Å². The molecule has 0 saturated carbocycles. The molecule has 0 radical (unpaired) electrons. The standard InChI is InChI=1S/C14H16ClF3N2O2/c15-10-3-4-11(12(6-10)22-8-14(16,17)18)20-13(21)9-2-1-5-19-7-9/h3-4,6,9,19H,1-2,5,7-8H2,(H,20,21)/t9-/m1/s1. The Labute approximate surface area is 131 Å². The number of nitrogens with one attached hydrogen (secondary N) is 2. The highest BCUT2D eigenvalue weighted by Gasteiger charge is 2.29. The van der Waals surface area contributed by atoms with Crippen molar-refractivity contribution in [2.24, 2.45) is 5.92 Å². The number of hydrogen-bond donors (Lipinski definition) is 2. The van der Waals surface area contributed by atoms with Crippen molar-refractivity contribution in [1.29, 1.82) is 0 Å². The Kier molecular flexibility index (Phi) is 5.52. The largest absolute Gasteiger partial charge is 0.482 e. The molecular formula is C14H16ClF3N2O2. The maximum atomic E-state index is 12.3. The molecule has 22 heavy (non-hydrogen) atoms. The summed E-state index contributed by atoms with van der Waals surface area (Å²) in [6, 6.07) is 4.17. The number of amides is 1. The quantitative estimate of drug-likeness (QED) is 0.887. The third kappa shape index (κ3) is 5.06. The average Bonchev–Trinajstić information content (AvgIpc) is 2.47. The van der Waals surface area contributed by atoms with Crippen LogP contribution in [0.25, 0.3) is 0 Å². The topological polar surface area (TPSA) is 50.4 Å². The molecule has 0 aromatic heterocycles. The molecule has 1 aromatic rings. The maximum absolute atomic E-state index is 12.3. The minimum absolute atomic E-state index is 0.0954. The van der Waals surface area contributed by atoms with Gasteiger partial charge < -0.3 is 15.4 Å². The summed E-state index contributed by atoms with van der Waals surface area (Å²) < 4.78 is 41.6. The molecule has 1 fully saturated rings. The lowest BCUT2D eigenvalue weighted by molar-refractivity contribution is -0.153. The van der Waals surface area contributed by atoms with Crippen molar-refractivity contribution >= 4 is 23.2 Å². The van der Waals surface area contributed by atoms with E-state index in [-0.39, 0.29) is 28.3 Å². The first-order chi connectivity index (χ1) is 10.3. The highest BCUT2D eigenvalue weighted by molar-refractivity contribution is 6.30. The number of rotatable bonds is 4. The molecule has 1 aliphatic heterocycles. The molecule has 1 atom stereocenters. The molecule has 0 bridgehead atoms. The van der Waals surface area contributed by atoms with Crippen molar-refractivity contribution in [2.45, 2.75) is 19.0 Å². The van der Waals surface area contributed by atoms with E-state index in [0.29, 0.717) is 6.54 Å². The van der Waals surface area contributed by atoms with E-state index in [0.717, 1.165) is 19.4 Å². The van der Waals surface area contributed by atoms with Gasteiger partial charge in [0.05, 0.1) is 11.6 Å². The van der Waals surface area contributed by atoms with E-state index in [2.05, 4.69) is 10.6 Å². The number of alkyl halides is 3. The van der Waals surface area contributed by atoms with Crippen LogP contribution in [-0.4, -0.2) is 31.8 Å². The molecule has 1 saturated heterocycles. The van der Waals surface area contributed by atoms with Gasteiger partial charge in [0.1, 0.15) is 5.75 Å². The summed E-state index contributed by atoms with van der Waals surface area (Å²) in [5, 5.41) is 5.95. The Morgan fingerprint density at radius 2 is 2.23 bits per heavy atom. The smallest absolute Gasteiger partial charge is 0.422 e. The Bertz CT molecular complexity index is 531. The number of carbonyl (C=O) groups excluding carboxylic acids is 1. The third-order valence-electron chi connectivity index (χ3n) is 3.26. The van der Waals surface area contributed by atoms with E-state index in [9.17, 15) is 18.0 Å². The van der Waals surface area contributed by atoms with Gasteiger partial charge >= 0.3 is 6.18 Å². The summed E-state index contributed by atoms with van der Waals surface area (Å²) in [6.45, 7) is -0.0238. The summed E-state index contributed by atoms with van der Waals surface area (Å²) in [7, 11) is 0. The number of halogens is 4. The molecule has 0 unspecified atom stereocenters. The van der Waals surface area contributed by atoms with Gasteiger partial charge in [0.2, 0.25) is 5.91 Å². The highest BCUT2D eigenvalue weighted by atomic mass is 35.5. The van der Waals surface area contributed by atoms with Crippen LogP contribution in [0.5, 0.6) is 5.75 Å². The summed E-state index contributed by atoms with van der Waals surface area (Å²) >= 11 is 5.77. The lowest BCUT2D eigenvalue weighted by Gasteiger charge is -2.22. The minimum Gasteiger partial charge on any atom is -0.482 e. The van der Waals surface area contributed by atoms with Gasteiger partial charge in [-0.2, -0.15) is 13.2 Å². The van der Waals surface area contributed by atoms with Crippen molar-refractivity contribution in [3.63, 3.8) is 0 Å². The van der Waals surface area contributed by atoms with Crippen LogP contribution in [0.3, 0.4) is 0 Å². The second kappa shape index (κ2) is 7.19. The molecular weight excluding hydrogens is 321 g/mol. The first-order valence-corrected chi connectivity index (χ1v) is 7.23. The Morgan fingerprint density at radius 3 is 2.86 bits per heavy atom. The summed E-state index contributed by atoms with van der Waals surface area (Å²) in [6.07, 6.45) is -2.84. The number of piperidine rings is 1. The average molecular weight is 337 g/mol. The van der Waals surface area contributed by atoms with Crippen LogP contribution < -0.4 is 15.4 Å². The van der Waals surface area contributed by atoms with Gasteiger partial charge in [-0.3, -0.25) is 4.79 Å². The number of benzene rings is 1. The third-order valence-corrected chi connectivity index (χ3v) is 3.50. The van der Waals surface area contributed by atoms with Gasteiger partial charge in [0, 0.05) is 17.6 Å². The predicted molar refractivity (Wildman–Crippen MR) is 77.2 cm³/mol. The molecule has 2 rings (SSSR count). The fourth-order valence-electron chi connectivity index (χ4n) is 2.19. The fourth-order valence-corrected chi connectivity index (χ4v) is 2.35. The van der Waals surface area contributed by atoms with Crippen molar-refractivity contribution in [3.05, 3.63) is 23.2 Å². The normalized spacial score (nSPS) is 18.8. The molecule has 1 amide bonds. The molecule has 2 N–H and O–H groups in total. The number of ether oxygens (including phenoxy) is 1. The molecule has 8 heteroatoms. The molecule has 0 aliphatic carbocycles. The first-order valence-electron chi connectivity index (χ1n) is 6.86. The minimum atomic E-state index is -4.46. The predicted octanol–water partition coefficient (Wildman–Crippen LogP) is 3.22. The zero-order chi connectivity index (χ0) is 16.2. The lowest BCUT2D eigenvalue weighted by atomic mass is 9.99.